The van der Waals surface area contributed by atoms with Crippen molar-refractivity contribution in [3.8, 4) is 11.5 Å². The van der Waals surface area contributed by atoms with Gasteiger partial charge in [0.25, 0.3) is 5.56 Å². The first-order chi connectivity index (χ1) is 18.3. The van der Waals surface area contributed by atoms with Gasteiger partial charge in [0.2, 0.25) is 5.91 Å². The first-order valence-corrected chi connectivity index (χ1v) is 13.5. The Morgan fingerprint density at radius 3 is 2.45 bits per heavy atom. The minimum atomic E-state index is -0.457. The van der Waals surface area contributed by atoms with Crippen molar-refractivity contribution in [1.82, 2.24) is 9.55 Å². The number of aryl methyl sites for hydroxylation is 2. The number of carbonyl (C=O) groups excluding carboxylic acids is 1. The average Bonchev–Trinajstić information content (AvgIpc) is 2.91. The van der Waals surface area contributed by atoms with E-state index in [1.165, 1.54) is 26.0 Å². The minimum Gasteiger partial charge on any atom is -0.493 e. The topological polar surface area (TPSA) is 82.5 Å². The van der Waals surface area contributed by atoms with Gasteiger partial charge < -0.3 is 14.8 Å². The van der Waals surface area contributed by atoms with Crippen LogP contribution in [0.5, 0.6) is 11.5 Å². The van der Waals surface area contributed by atoms with Crippen LogP contribution in [0.3, 0.4) is 0 Å². The van der Waals surface area contributed by atoms with Crippen LogP contribution in [0.25, 0.3) is 10.9 Å². The van der Waals surface area contributed by atoms with Gasteiger partial charge in [0.1, 0.15) is 0 Å². The monoisotopic (exact) mass is 551 g/mol. The van der Waals surface area contributed by atoms with Gasteiger partial charge in [0.15, 0.2) is 16.7 Å². The molecule has 1 N–H and O–H groups in total. The molecule has 0 saturated carbocycles. The molecule has 1 unspecified atom stereocenters. The second kappa shape index (κ2) is 12.4. The highest BCUT2D eigenvalue weighted by Crippen LogP contribution is 2.32. The molecule has 4 rings (SSSR count). The van der Waals surface area contributed by atoms with Crippen molar-refractivity contribution >= 4 is 45.9 Å². The summed E-state index contributed by atoms with van der Waals surface area (Å²) in [5.41, 5.74) is 3.10. The van der Waals surface area contributed by atoms with Gasteiger partial charge in [-0.1, -0.05) is 54.6 Å². The molecule has 0 radical (unpaired) electrons. The van der Waals surface area contributed by atoms with Gasteiger partial charge in [-0.15, -0.1) is 0 Å². The highest BCUT2D eigenvalue weighted by atomic mass is 35.5. The standard InChI is InChI=1S/C29H30ClN3O4S/c1-5-26(27(34)31-21-8-6-7-18(2)15-21)38-29-32-23-17-25(37-4)24(36-3)16-22(23)28(35)33(29)14-13-19-9-11-20(30)12-10-19/h6-12,15-17,26H,5,13-14H2,1-4H3,(H,31,34). The lowest BCUT2D eigenvalue weighted by Crippen LogP contribution is -2.28. The van der Waals surface area contributed by atoms with Gasteiger partial charge in [-0.05, 0) is 61.2 Å². The van der Waals surface area contributed by atoms with E-state index in [1.54, 1.807) is 16.7 Å². The molecule has 0 aliphatic heterocycles. The molecule has 0 aliphatic carbocycles. The lowest BCUT2D eigenvalue weighted by atomic mass is 10.1. The van der Waals surface area contributed by atoms with E-state index in [4.69, 9.17) is 26.1 Å². The van der Waals surface area contributed by atoms with Gasteiger partial charge >= 0.3 is 0 Å². The number of thioether (sulfide) groups is 1. The lowest BCUT2D eigenvalue weighted by Gasteiger charge is -2.19. The van der Waals surface area contributed by atoms with Crippen molar-refractivity contribution in [2.24, 2.45) is 0 Å². The third-order valence-corrected chi connectivity index (χ3v) is 7.76. The number of anilines is 1. The number of hydrogen-bond acceptors (Lipinski definition) is 6. The Bertz CT molecular complexity index is 1500. The fourth-order valence-electron chi connectivity index (χ4n) is 4.10. The summed E-state index contributed by atoms with van der Waals surface area (Å²) in [6, 6.07) is 18.5. The molecule has 0 bridgehead atoms. The lowest BCUT2D eigenvalue weighted by molar-refractivity contribution is -0.115. The number of nitrogens with one attached hydrogen (secondary N) is 1. The Labute approximate surface area is 231 Å². The number of methoxy groups -OCH3 is 2. The van der Waals surface area contributed by atoms with Gasteiger partial charge in [-0.3, -0.25) is 14.2 Å². The Balaban J connectivity index is 1.72. The second-order valence-corrected chi connectivity index (χ2v) is 10.4. The second-order valence-electron chi connectivity index (χ2n) is 8.83. The van der Waals surface area contributed by atoms with E-state index < -0.39 is 5.25 Å². The van der Waals surface area contributed by atoms with Crippen molar-refractivity contribution < 1.29 is 14.3 Å². The van der Waals surface area contributed by atoms with Gasteiger partial charge in [0.05, 0.1) is 30.4 Å². The average molecular weight is 552 g/mol. The van der Waals surface area contributed by atoms with Crippen molar-refractivity contribution in [3.63, 3.8) is 0 Å². The van der Waals surface area contributed by atoms with E-state index in [2.05, 4.69) is 5.32 Å². The smallest absolute Gasteiger partial charge is 0.262 e. The summed E-state index contributed by atoms with van der Waals surface area (Å²) in [6.45, 7) is 4.30. The number of ether oxygens (including phenoxy) is 2. The SMILES string of the molecule is CCC(Sc1nc2cc(OC)c(OC)cc2c(=O)n1CCc1ccc(Cl)cc1)C(=O)Nc1cccc(C)c1. The van der Waals surface area contributed by atoms with Crippen LogP contribution >= 0.6 is 23.4 Å². The normalized spacial score (nSPS) is 11.8. The summed E-state index contributed by atoms with van der Waals surface area (Å²) in [5.74, 6) is 0.785. The summed E-state index contributed by atoms with van der Waals surface area (Å²) in [7, 11) is 3.06. The highest BCUT2D eigenvalue weighted by molar-refractivity contribution is 8.00. The summed E-state index contributed by atoms with van der Waals surface area (Å²) < 4.78 is 12.5. The van der Waals surface area contributed by atoms with Crippen LogP contribution in [0.4, 0.5) is 5.69 Å². The molecule has 0 saturated heterocycles. The van der Waals surface area contributed by atoms with Gasteiger partial charge in [0, 0.05) is 23.3 Å². The Morgan fingerprint density at radius 2 is 1.79 bits per heavy atom. The van der Waals surface area contributed by atoms with Crippen LogP contribution in [-0.4, -0.2) is 34.9 Å². The number of amides is 1. The zero-order valence-electron chi connectivity index (χ0n) is 21.8. The number of hydrogen-bond donors (Lipinski definition) is 1. The Kier molecular flexibility index (Phi) is 8.97. The molecule has 1 heterocycles. The third kappa shape index (κ3) is 6.31. The summed E-state index contributed by atoms with van der Waals surface area (Å²) in [4.78, 5) is 31.8. The molecule has 7 nitrogen and oxygen atoms in total. The predicted octanol–water partition coefficient (Wildman–Crippen LogP) is 6.13. The largest absolute Gasteiger partial charge is 0.493 e. The van der Waals surface area contributed by atoms with Crippen molar-refractivity contribution in [2.45, 2.75) is 43.6 Å². The van der Waals surface area contributed by atoms with Crippen molar-refractivity contribution in [1.29, 1.82) is 0 Å². The summed E-state index contributed by atoms with van der Waals surface area (Å²) in [6.07, 6.45) is 1.15. The molecule has 1 amide bonds. The van der Waals surface area contributed by atoms with E-state index in [9.17, 15) is 9.59 Å². The molecular weight excluding hydrogens is 522 g/mol. The zero-order valence-corrected chi connectivity index (χ0v) is 23.4. The Morgan fingerprint density at radius 1 is 1.08 bits per heavy atom. The molecule has 0 fully saturated rings. The molecule has 0 spiro atoms. The van der Waals surface area contributed by atoms with Crippen molar-refractivity contribution in [2.75, 3.05) is 19.5 Å². The van der Waals surface area contributed by atoms with E-state index >= 15 is 0 Å². The minimum absolute atomic E-state index is 0.144. The van der Waals surface area contributed by atoms with Crippen LogP contribution < -0.4 is 20.3 Å². The van der Waals surface area contributed by atoms with Crippen LogP contribution in [0, 0.1) is 6.92 Å². The van der Waals surface area contributed by atoms with E-state index in [1.807, 2.05) is 62.4 Å². The first kappa shape index (κ1) is 27.5. The third-order valence-electron chi connectivity index (χ3n) is 6.16. The number of carbonyl (C=O) groups is 1. The molecule has 0 aliphatic rings. The summed E-state index contributed by atoms with van der Waals surface area (Å²) in [5, 5.41) is 4.08. The predicted molar refractivity (Wildman–Crippen MR) is 154 cm³/mol. The number of halogens is 1. The number of aromatic nitrogens is 2. The summed E-state index contributed by atoms with van der Waals surface area (Å²) >= 11 is 7.32. The maximum absolute atomic E-state index is 13.8. The van der Waals surface area contributed by atoms with Crippen molar-refractivity contribution in [3.05, 3.63) is 87.2 Å². The number of fused-ring (bicyclic) bond motifs is 1. The fraction of sp³-hybridized carbons (Fsp3) is 0.276. The van der Waals surface area contributed by atoms with E-state index in [0.717, 1.165) is 16.8 Å². The quantitative estimate of drug-likeness (QED) is 0.189. The van der Waals surface area contributed by atoms with Gasteiger partial charge in [-0.25, -0.2) is 4.98 Å². The van der Waals surface area contributed by atoms with E-state index in [0.29, 0.717) is 52.0 Å². The number of nitrogens with zero attached hydrogens (tertiary/aromatic N) is 2. The zero-order chi connectivity index (χ0) is 27.2. The van der Waals surface area contributed by atoms with Crippen LogP contribution in [0.1, 0.15) is 24.5 Å². The van der Waals surface area contributed by atoms with Crippen LogP contribution in [0.15, 0.2) is 70.6 Å². The molecule has 1 aromatic heterocycles. The number of rotatable bonds is 10. The molecule has 38 heavy (non-hydrogen) atoms. The maximum atomic E-state index is 13.8. The molecule has 198 valence electrons. The highest BCUT2D eigenvalue weighted by Gasteiger charge is 2.23. The fourth-order valence-corrected chi connectivity index (χ4v) is 5.27. The molecule has 4 aromatic rings. The first-order valence-electron chi connectivity index (χ1n) is 12.3. The molecule has 1 atom stereocenters. The maximum Gasteiger partial charge on any atom is 0.262 e. The molecule has 3 aromatic carbocycles. The van der Waals surface area contributed by atoms with Crippen LogP contribution in [0.2, 0.25) is 5.02 Å². The van der Waals surface area contributed by atoms with Crippen LogP contribution in [-0.2, 0) is 17.8 Å². The van der Waals surface area contributed by atoms with E-state index in [-0.39, 0.29) is 11.5 Å². The molecule has 9 heteroatoms. The number of benzene rings is 3. The Hall–Kier alpha value is -3.49. The van der Waals surface area contributed by atoms with Gasteiger partial charge in [-0.2, -0.15) is 0 Å². The molecular formula is C29H30ClN3O4S.